The second-order valence-electron chi connectivity index (χ2n) is 3.97. The number of hydrogen-bond donors (Lipinski definition) is 0. The highest BCUT2D eigenvalue weighted by atomic mass is 35.5. The van der Waals surface area contributed by atoms with Crippen LogP contribution in [0.4, 0.5) is 0 Å². The average Bonchev–Trinajstić information content (AvgIpc) is 2.71. The van der Waals surface area contributed by atoms with E-state index in [1.54, 1.807) is 12.1 Å². The molecule has 0 aliphatic heterocycles. The maximum absolute atomic E-state index is 6.47. The second-order valence-corrected chi connectivity index (χ2v) is 6.51. The molecule has 1 heterocycles. The van der Waals surface area contributed by atoms with E-state index in [9.17, 15) is 0 Å². The Hall–Kier alpha value is -0.120. The molecule has 0 amide bonds. The summed E-state index contributed by atoms with van der Waals surface area (Å²) in [6, 6.07) is 3.37. The average molecular weight is 356 g/mol. The molecule has 102 valence electrons. The first-order valence-corrected chi connectivity index (χ1v) is 7.81. The Labute approximate surface area is 136 Å². The molecule has 2 rings (SSSR count). The van der Waals surface area contributed by atoms with Crippen molar-refractivity contribution in [3.63, 3.8) is 0 Å². The van der Waals surface area contributed by atoms with Crippen molar-refractivity contribution in [2.45, 2.75) is 12.3 Å². The minimum atomic E-state index is -0.429. The molecule has 0 fully saturated rings. The number of alkyl halides is 1. The first kappa shape index (κ1) is 15.3. The van der Waals surface area contributed by atoms with Gasteiger partial charge in [0.05, 0.1) is 22.5 Å². The molecule has 1 aromatic heterocycles. The zero-order chi connectivity index (χ0) is 14.2. The number of ether oxygens (including phenoxy) is 1. The van der Waals surface area contributed by atoms with Gasteiger partial charge in [-0.15, -0.1) is 22.9 Å². The first-order valence-electron chi connectivity index (χ1n) is 5.36. The lowest BCUT2D eigenvalue weighted by molar-refractivity contribution is 0.415. The van der Waals surface area contributed by atoms with Crippen LogP contribution in [0, 0.1) is 6.92 Å². The van der Waals surface area contributed by atoms with Gasteiger partial charge >= 0.3 is 0 Å². The number of aryl methyl sites for hydroxylation is 1. The molecule has 0 spiro atoms. The van der Waals surface area contributed by atoms with Gasteiger partial charge in [-0.25, -0.2) is 0 Å². The van der Waals surface area contributed by atoms with Crippen LogP contribution in [0.5, 0.6) is 5.75 Å². The van der Waals surface area contributed by atoms with Crippen LogP contribution in [0.1, 0.15) is 21.4 Å². The Morgan fingerprint density at radius 3 is 2.37 bits per heavy atom. The lowest BCUT2D eigenvalue weighted by atomic mass is 10.1. The van der Waals surface area contributed by atoms with Gasteiger partial charge in [0.2, 0.25) is 0 Å². The zero-order valence-electron chi connectivity index (χ0n) is 10.1. The Bertz CT molecular complexity index is 609. The molecule has 6 heteroatoms. The molecule has 0 aliphatic carbocycles. The first-order chi connectivity index (χ1) is 8.95. The van der Waals surface area contributed by atoms with Crippen molar-refractivity contribution in [1.82, 2.24) is 0 Å². The molecule has 0 radical (unpaired) electrons. The molecule has 1 nitrogen and oxygen atoms in total. The summed E-state index contributed by atoms with van der Waals surface area (Å²) < 4.78 is 5.11. The summed E-state index contributed by atoms with van der Waals surface area (Å²) in [6.45, 7) is 1.94. The maximum atomic E-state index is 6.47. The molecule has 0 saturated heterocycles. The van der Waals surface area contributed by atoms with Gasteiger partial charge in [0.25, 0.3) is 0 Å². The highest BCUT2D eigenvalue weighted by Crippen LogP contribution is 2.44. The summed E-state index contributed by atoms with van der Waals surface area (Å²) in [5.74, 6) is 0.521. The van der Waals surface area contributed by atoms with Gasteiger partial charge in [-0.3, -0.25) is 0 Å². The molecule has 1 atom stereocenters. The Kier molecular flexibility index (Phi) is 4.91. The summed E-state index contributed by atoms with van der Waals surface area (Å²) in [6.07, 6.45) is 0. The van der Waals surface area contributed by atoms with E-state index in [1.165, 1.54) is 18.4 Å². The minimum Gasteiger partial charge on any atom is -0.495 e. The zero-order valence-corrected chi connectivity index (χ0v) is 14.0. The fourth-order valence-corrected chi connectivity index (χ4v) is 4.02. The molecular weight excluding hydrogens is 346 g/mol. The van der Waals surface area contributed by atoms with Crippen LogP contribution in [0.3, 0.4) is 0 Å². The van der Waals surface area contributed by atoms with E-state index in [0.29, 0.717) is 20.8 Å². The fourth-order valence-electron chi connectivity index (χ4n) is 1.66. The molecule has 2 aromatic rings. The van der Waals surface area contributed by atoms with Crippen molar-refractivity contribution in [3.05, 3.63) is 48.6 Å². The quantitative estimate of drug-likeness (QED) is 0.582. The molecule has 1 aromatic carbocycles. The van der Waals surface area contributed by atoms with Crippen molar-refractivity contribution < 1.29 is 4.74 Å². The van der Waals surface area contributed by atoms with Crippen molar-refractivity contribution in [1.29, 1.82) is 0 Å². The van der Waals surface area contributed by atoms with E-state index in [1.807, 2.05) is 12.3 Å². The Balaban J connectivity index is 2.47. The predicted octanol–water partition coefficient (Wildman–Crippen LogP) is 6.35. The molecule has 1 unspecified atom stereocenters. The third kappa shape index (κ3) is 2.98. The third-order valence-corrected chi connectivity index (χ3v) is 5.68. The number of halogens is 4. The van der Waals surface area contributed by atoms with Gasteiger partial charge in [0.1, 0.15) is 5.75 Å². The van der Waals surface area contributed by atoms with Crippen LogP contribution in [0.15, 0.2) is 17.5 Å². The van der Waals surface area contributed by atoms with Crippen LogP contribution in [0.2, 0.25) is 15.1 Å². The van der Waals surface area contributed by atoms with E-state index in [4.69, 9.17) is 51.1 Å². The third-order valence-electron chi connectivity index (χ3n) is 2.70. The van der Waals surface area contributed by atoms with Crippen LogP contribution in [0.25, 0.3) is 0 Å². The molecule has 0 aliphatic rings. The summed E-state index contributed by atoms with van der Waals surface area (Å²) >= 11 is 26.5. The van der Waals surface area contributed by atoms with Gasteiger partial charge in [-0.1, -0.05) is 34.8 Å². The fraction of sp³-hybridized carbons (Fsp3) is 0.231. The molecule has 0 saturated carbocycles. The van der Waals surface area contributed by atoms with E-state index in [2.05, 4.69) is 0 Å². The second kappa shape index (κ2) is 6.11. The summed E-state index contributed by atoms with van der Waals surface area (Å²) in [5.41, 5.74) is 1.72. The highest BCUT2D eigenvalue weighted by molar-refractivity contribution is 7.11. The molecule has 19 heavy (non-hydrogen) atoms. The van der Waals surface area contributed by atoms with Gasteiger partial charge in [0, 0.05) is 16.0 Å². The van der Waals surface area contributed by atoms with Crippen molar-refractivity contribution >= 4 is 57.7 Å². The van der Waals surface area contributed by atoms with Crippen molar-refractivity contribution in [3.8, 4) is 5.75 Å². The highest BCUT2D eigenvalue weighted by Gasteiger charge is 2.21. The summed E-state index contributed by atoms with van der Waals surface area (Å²) in [7, 11) is 1.54. The van der Waals surface area contributed by atoms with E-state index < -0.39 is 5.38 Å². The van der Waals surface area contributed by atoms with Crippen LogP contribution in [-0.2, 0) is 0 Å². The topological polar surface area (TPSA) is 9.23 Å². The van der Waals surface area contributed by atoms with Gasteiger partial charge < -0.3 is 4.74 Å². The standard InChI is InChI=1S/C13H10Cl4OS/c1-6-5-19-13(11(6)16)12(17)7-3-9(15)10(18-2)4-8(7)14/h3-5,12H,1-2H3. The van der Waals surface area contributed by atoms with E-state index in [-0.39, 0.29) is 0 Å². The van der Waals surface area contributed by atoms with Crippen molar-refractivity contribution in [2.75, 3.05) is 7.11 Å². The Morgan fingerprint density at radius 2 is 1.84 bits per heavy atom. The van der Waals surface area contributed by atoms with Crippen LogP contribution in [-0.4, -0.2) is 7.11 Å². The summed E-state index contributed by atoms with van der Waals surface area (Å²) in [5, 5.41) is 3.18. The molecule has 0 bridgehead atoms. The van der Waals surface area contributed by atoms with Gasteiger partial charge in [-0.2, -0.15) is 0 Å². The van der Waals surface area contributed by atoms with Gasteiger partial charge in [0.15, 0.2) is 0 Å². The molecular formula is C13H10Cl4OS. The number of hydrogen-bond acceptors (Lipinski definition) is 2. The minimum absolute atomic E-state index is 0.429. The van der Waals surface area contributed by atoms with Gasteiger partial charge in [-0.05, 0) is 29.5 Å². The lowest BCUT2D eigenvalue weighted by Crippen LogP contribution is -1.95. The van der Waals surface area contributed by atoms with Crippen LogP contribution >= 0.6 is 57.7 Å². The number of methoxy groups -OCH3 is 1. The predicted molar refractivity (Wildman–Crippen MR) is 84.8 cm³/mol. The number of rotatable bonds is 3. The van der Waals surface area contributed by atoms with E-state index >= 15 is 0 Å². The monoisotopic (exact) mass is 354 g/mol. The number of benzene rings is 1. The maximum Gasteiger partial charge on any atom is 0.138 e. The molecule has 0 N–H and O–H groups in total. The smallest absolute Gasteiger partial charge is 0.138 e. The lowest BCUT2D eigenvalue weighted by Gasteiger charge is -2.13. The summed E-state index contributed by atoms with van der Waals surface area (Å²) in [4.78, 5) is 0.865. The number of thiophene rings is 1. The van der Waals surface area contributed by atoms with Crippen LogP contribution < -0.4 is 4.74 Å². The SMILES string of the molecule is COc1cc(Cl)c(C(Cl)c2scc(C)c2Cl)cc1Cl. The Morgan fingerprint density at radius 1 is 1.16 bits per heavy atom. The van der Waals surface area contributed by atoms with E-state index in [0.717, 1.165) is 16.0 Å². The van der Waals surface area contributed by atoms with Crippen molar-refractivity contribution in [2.24, 2.45) is 0 Å². The largest absolute Gasteiger partial charge is 0.495 e. The normalized spacial score (nSPS) is 12.5.